The van der Waals surface area contributed by atoms with E-state index in [9.17, 15) is 4.79 Å². The van der Waals surface area contributed by atoms with Gasteiger partial charge in [0.15, 0.2) is 0 Å². The Morgan fingerprint density at radius 2 is 2.18 bits per heavy atom. The normalized spacial score (nSPS) is 18.9. The second-order valence-electron chi connectivity index (χ2n) is 6.07. The lowest BCUT2D eigenvalue weighted by Gasteiger charge is -2.25. The van der Waals surface area contributed by atoms with E-state index in [4.69, 9.17) is 0 Å². The molecule has 0 spiro atoms. The average molecular weight is 333 g/mol. The lowest BCUT2D eigenvalue weighted by Crippen LogP contribution is -2.43. The van der Waals surface area contributed by atoms with Crippen molar-refractivity contribution in [1.29, 1.82) is 0 Å². The molecular formula is C16H19N3OS2. The van der Waals surface area contributed by atoms with Gasteiger partial charge in [-0.1, -0.05) is 6.07 Å². The van der Waals surface area contributed by atoms with Crippen molar-refractivity contribution in [3.63, 3.8) is 0 Å². The summed E-state index contributed by atoms with van der Waals surface area (Å²) in [5, 5.41) is 8.36. The molecule has 2 aromatic heterocycles. The molecule has 0 aliphatic heterocycles. The van der Waals surface area contributed by atoms with E-state index in [1.54, 1.807) is 22.7 Å². The highest BCUT2D eigenvalue weighted by Gasteiger charge is 2.38. The minimum absolute atomic E-state index is 0.0722. The number of aromatic nitrogens is 1. The molecule has 0 aromatic carbocycles. The van der Waals surface area contributed by atoms with Crippen LogP contribution in [0.2, 0.25) is 0 Å². The number of rotatable bonds is 6. The second kappa shape index (κ2) is 6.01. The van der Waals surface area contributed by atoms with E-state index in [1.807, 2.05) is 22.5 Å². The van der Waals surface area contributed by atoms with Gasteiger partial charge in [-0.2, -0.15) is 0 Å². The molecule has 4 nitrogen and oxygen atoms in total. The third-order valence-electron chi connectivity index (χ3n) is 4.24. The van der Waals surface area contributed by atoms with Crippen LogP contribution >= 0.6 is 22.7 Å². The Bertz CT molecular complexity index is 618. The fourth-order valence-electron chi connectivity index (χ4n) is 2.74. The molecule has 0 saturated heterocycles. The van der Waals surface area contributed by atoms with Crippen molar-refractivity contribution < 1.29 is 4.79 Å². The van der Waals surface area contributed by atoms with Crippen molar-refractivity contribution in [2.45, 2.75) is 44.3 Å². The van der Waals surface area contributed by atoms with Crippen molar-refractivity contribution in [1.82, 2.24) is 15.2 Å². The third kappa shape index (κ3) is 3.17. The van der Waals surface area contributed by atoms with E-state index in [2.05, 4.69) is 21.7 Å². The van der Waals surface area contributed by atoms with Crippen LogP contribution in [0.15, 0.2) is 29.1 Å². The van der Waals surface area contributed by atoms with Crippen LogP contribution in [0.5, 0.6) is 0 Å². The molecule has 2 aliphatic carbocycles. The molecule has 2 amide bonds. The summed E-state index contributed by atoms with van der Waals surface area (Å²) in [5.41, 5.74) is 0. The van der Waals surface area contributed by atoms with Crippen LogP contribution in [-0.4, -0.2) is 22.0 Å². The van der Waals surface area contributed by atoms with Crippen molar-refractivity contribution in [3.8, 4) is 0 Å². The van der Waals surface area contributed by atoms with Gasteiger partial charge in [0.05, 0.1) is 12.6 Å². The highest BCUT2D eigenvalue weighted by atomic mass is 32.1. The molecular weight excluding hydrogens is 314 g/mol. The van der Waals surface area contributed by atoms with Crippen LogP contribution in [0.4, 0.5) is 4.79 Å². The van der Waals surface area contributed by atoms with Crippen molar-refractivity contribution in [2.24, 2.45) is 5.92 Å². The molecule has 2 heterocycles. The lowest BCUT2D eigenvalue weighted by atomic mass is 10.2. The maximum Gasteiger partial charge on any atom is 0.318 e. The quantitative estimate of drug-likeness (QED) is 0.867. The van der Waals surface area contributed by atoms with Crippen LogP contribution < -0.4 is 5.32 Å². The van der Waals surface area contributed by atoms with E-state index in [1.165, 1.54) is 17.7 Å². The Labute approximate surface area is 138 Å². The Morgan fingerprint density at radius 1 is 1.32 bits per heavy atom. The molecule has 2 fully saturated rings. The number of carbonyl (C=O) groups is 1. The molecule has 1 N–H and O–H groups in total. The topological polar surface area (TPSA) is 45.2 Å². The summed E-state index contributed by atoms with van der Waals surface area (Å²) < 4.78 is 0. The van der Waals surface area contributed by atoms with E-state index in [0.29, 0.717) is 12.0 Å². The van der Waals surface area contributed by atoms with Gasteiger partial charge in [-0.3, -0.25) is 0 Å². The lowest BCUT2D eigenvalue weighted by molar-refractivity contribution is 0.187. The summed E-state index contributed by atoms with van der Waals surface area (Å²) in [6.45, 7) is 0.726. The van der Waals surface area contributed by atoms with Crippen LogP contribution in [0.1, 0.15) is 41.6 Å². The van der Waals surface area contributed by atoms with E-state index >= 15 is 0 Å². The molecule has 1 atom stereocenters. The predicted molar refractivity (Wildman–Crippen MR) is 89.0 cm³/mol. The molecule has 0 bridgehead atoms. The van der Waals surface area contributed by atoms with Gasteiger partial charge in [0.25, 0.3) is 0 Å². The van der Waals surface area contributed by atoms with E-state index in [-0.39, 0.29) is 12.1 Å². The van der Waals surface area contributed by atoms with E-state index in [0.717, 1.165) is 24.4 Å². The number of amides is 2. The first-order chi connectivity index (χ1) is 10.8. The van der Waals surface area contributed by atoms with Crippen LogP contribution in [-0.2, 0) is 6.54 Å². The number of hydrogen-bond donors (Lipinski definition) is 1. The SMILES string of the molecule is O=C(NC(c1nccs1)C1CC1)N(Cc1cccs1)C1CC1. The first-order valence-electron chi connectivity index (χ1n) is 7.80. The number of carbonyl (C=O) groups excluding carboxylic acids is 1. The average Bonchev–Trinajstić information content (AvgIpc) is 3.43. The largest absolute Gasteiger partial charge is 0.328 e. The summed E-state index contributed by atoms with van der Waals surface area (Å²) in [6, 6.07) is 4.73. The molecule has 1 unspecified atom stereocenters. The molecule has 0 radical (unpaired) electrons. The molecule has 116 valence electrons. The number of thiazole rings is 1. The summed E-state index contributed by atoms with van der Waals surface area (Å²) >= 11 is 3.36. The van der Waals surface area contributed by atoms with Crippen molar-refractivity contribution in [2.75, 3.05) is 0 Å². The second-order valence-corrected chi connectivity index (χ2v) is 8.03. The Kier molecular flexibility index (Phi) is 3.88. The zero-order chi connectivity index (χ0) is 14.9. The first-order valence-corrected chi connectivity index (χ1v) is 9.56. The minimum Gasteiger partial charge on any atom is -0.328 e. The number of urea groups is 1. The number of nitrogens with one attached hydrogen (secondary N) is 1. The fraction of sp³-hybridized carbons (Fsp3) is 0.500. The van der Waals surface area contributed by atoms with Crippen molar-refractivity contribution in [3.05, 3.63) is 39.0 Å². The molecule has 4 rings (SSSR count). The van der Waals surface area contributed by atoms with Crippen LogP contribution in [0.25, 0.3) is 0 Å². The Morgan fingerprint density at radius 3 is 2.77 bits per heavy atom. The molecule has 2 aliphatic rings. The third-order valence-corrected chi connectivity index (χ3v) is 5.96. The highest BCUT2D eigenvalue weighted by Crippen LogP contribution is 2.42. The smallest absolute Gasteiger partial charge is 0.318 e. The molecule has 2 saturated carbocycles. The molecule has 2 aromatic rings. The fourth-order valence-corrected chi connectivity index (χ4v) is 4.22. The molecule has 6 heteroatoms. The summed E-state index contributed by atoms with van der Waals surface area (Å²) in [5.74, 6) is 0.567. The van der Waals surface area contributed by atoms with Gasteiger partial charge >= 0.3 is 6.03 Å². The van der Waals surface area contributed by atoms with Crippen LogP contribution in [0.3, 0.4) is 0 Å². The van der Waals surface area contributed by atoms with Gasteiger partial charge in [-0.25, -0.2) is 9.78 Å². The first kappa shape index (κ1) is 14.2. The Balaban J connectivity index is 1.46. The van der Waals surface area contributed by atoms with Gasteiger partial charge in [-0.15, -0.1) is 22.7 Å². The maximum atomic E-state index is 12.8. The zero-order valence-corrected chi connectivity index (χ0v) is 13.9. The van der Waals surface area contributed by atoms with Gasteiger partial charge in [0.1, 0.15) is 5.01 Å². The van der Waals surface area contributed by atoms with Gasteiger partial charge < -0.3 is 10.2 Å². The van der Waals surface area contributed by atoms with Gasteiger partial charge in [-0.05, 0) is 43.0 Å². The minimum atomic E-state index is 0.0722. The monoisotopic (exact) mass is 333 g/mol. The standard InChI is InChI=1S/C16H19N3OS2/c20-16(18-14(11-3-4-11)15-17-7-9-22-15)19(12-5-6-12)10-13-2-1-8-21-13/h1-2,7-9,11-12,14H,3-6,10H2,(H,18,20). The number of hydrogen-bond acceptors (Lipinski definition) is 4. The van der Waals surface area contributed by atoms with E-state index < -0.39 is 0 Å². The number of nitrogens with zero attached hydrogens (tertiary/aromatic N) is 2. The van der Waals surface area contributed by atoms with Crippen molar-refractivity contribution >= 4 is 28.7 Å². The highest BCUT2D eigenvalue weighted by molar-refractivity contribution is 7.10. The zero-order valence-electron chi connectivity index (χ0n) is 12.3. The van der Waals surface area contributed by atoms with Crippen LogP contribution in [0, 0.1) is 5.92 Å². The summed E-state index contributed by atoms with van der Waals surface area (Å²) in [6.07, 6.45) is 6.47. The maximum absolute atomic E-state index is 12.8. The Hall–Kier alpha value is -1.40. The van der Waals surface area contributed by atoms with Gasteiger partial charge in [0, 0.05) is 22.5 Å². The number of thiophene rings is 1. The summed E-state index contributed by atoms with van der Waals surface area (Å²) in [4.78, 5) is 20.5. The molecule has 22 heavy (non-hydrogen) atoms. The summed E-state index contributed by atoms with van der Waals surface area (Å²) in [7, 11) is 0. The van der Waals surface area contributed by atoms with Gasteiger partial charge in [0.2, 0.25) is 0 Å². The predicted octanol–water partition coefficient (Wildman–Crippen LogP) is 4.03.